The van der Waals surface area contributed by atoms with Crippen LogP contribution in [0.5, 0.6) is 5.88 Å². The average molecular weight is 455 g/mol. The van der Waals surface area contributed by atoms with Gasteiger partial charge in [0.1, 0.15) is 12.2 Å². The summed E-state index contributed by atoms with van der Waals surface area (Å²) in [6.07, 6.45) is 3.83. The highest BCUT2D eigenvalue weighted by Crippen LogP contribution is 2.29. The fourth-order valence-corrected chi connectivity index (χ4v) is 3.85. The minimum absolute atomic E-state index is 0.0228. The molecule has 2 rings (SSSR count). The molecule has 8 nitrogen and oxygen atoms in total. The predicted molar refractivity (Wildman–Crippen MR) is 117 cm³/mol. The van der Waals surface area contributed by atoms with Gasteiger partial charge in [-0.3, -0.25) is 4.79 Å². The molecule has 2 amide bonds. The lowest BCUT2D eigenvalue weighted by Gasteiger charge is -2.30. The Morgan fingerprint density at radius 3 is 2.61 bits per heavy atom. The molecule has 1 aliphatic heterocycles. The maximum Gasteiger partial charge on any atom is 0.407 e. The lowest BCUT2D eigenvalue weighted by molar-refractivity contribution is -0.119. The van der Waals surface area contributed by atoms with Crippen LogP contribution >= 0.6 is 11.9 Å². The second kappa shape index (κ2) is 11.9. The molecule has 3 N–H and O–H groups in total. The Kier molecular flexibility index (Phi) is 9.57. The number of hydrogen-bond acceptors (Lipinski definition) is 7. The molecular formula is C21H31FN4O4S. The zero-order chi connectivity index (χ0) is 22.9. The van der Waals surface area contributed by atoms with E-state index in [1.807, 2.05) is 6.07 Å². The van der Waals surface area contributed by atoms with E-state index >= 15 is 0 Å². The molecule has 0 atom stereocenters. The van der Waals surface area contributed by atoms with Crippen molar-refractivity contribution in [3.05, 3.63) is 30.2 Å². The third kappa shape index (κ3) is 10.0. The number of carbonyl (C=O) groups excluding carboxylic acids is 2. The first-order valence-electron chi connectivity index (χ1n) is 10.2. The van der Waals surface area contributed by atoms with Crippen LogP contribution in [0.25, 0.3) is 0 Å². The Balaban J connectivity index is 1.73. The smallest absolute Gasteiger partial charge is 0.407 e. The van der Waals surface area contributed by atoms with Crippen LogP contribution < -0.4 is 15.8 Å². The molecule has 31 heavy (non-hydrogen) atoms. The van der Waals surface area contributed by atoms with E-state index in [9.17, 15) is 14.0 Å². The van der Waals surface area contributed by atoms with Gasteiger partial charge in [0.25, 0.3) is 0 Å². The van der Waals surface area contributed by atoms with Crippen molar-refractivity contribution < 1.29 is 23.5 Å². The van der Waals surface area contributed by atoms with Crippen LogP contribution in [-0.2, 0) is 9.53 Å². The topological polar surface area (TPSA) is 107 Å². The number of nitrogens with one attached hydrogen (secondary N) is 1. The van der Waals surface area contributed by atoms with E-state index in [1.165, 1.54) is 0 Å². The second-order valence-electron chi connectivity index (χ2n) is 8.38. The number of rotatable bonds is 9. The normalized spacial score (nSPS) is 16.1. The lowest BCUT2D eigenvalue weighted by atomic mass is 9.94. The van der Waals surface area contributed by atoms with Crippen molar-refractivity contribution in [1.82, 2.24) is 14.6 Å². The fraction of sp³-hybridized carbons (Fsp3) is 0.571. The van der Waals surface area contributed by atoms with Gasteiger partial charge >= 0.3 is 6.09 Å². The highest BCUT2D eigenvalue weighted by Gasteiger charge is 2.21. The van der Waals surface area contributed by atoms with E-state index in [0.29, 0.717) is 24.5 Å². The monoisotopic (exact) mass is 454 g/mol. The van der Waals surface area contributed by atoms with E-state index in [4.69, 9.17) is 15.2 Å². The molecule has 0 saturated carbocycles. The Morgan fingerprint density at radius 2 is 2.06 bits per heavy atom. The van der Waals surface area contributed by atoms with E-state index < -0.39 is 11.7 Å². The van der Waals surface area contributed by atoms with E-state index in [0.717, 1.165) is 30.8 Å². The summed E-state index contributed by atoms with van der Waals surface area (Å²) in [5.41, 5.74) is 4.91. The standard InChI is InChI=1S/C21H31FN4O4S/c1-21(2,3)30-20(28)25-12-16(11-22)14-29-19-5-4-17(13-24-19)31-26-8-6-15(7-9-26)10-18(23)27/h4-5,11,13,15H,6-10,12,14H2,1-3H3,(H2,23,27)(H,25,28)/b16-11+. The molecular weight excluding hydrogens is 423 g/mol. The van der Waals surface area contributed by atoms with Crippen molar-refractivity contribution in [3.8, 4) is 5.88 Å². The van der Waals surface area contributed by atoms with Crippen molar-refractivity contribution in [2.75, 3.05) is 26.2 Å². The van der Waals surface area contributed by atoms with Gasteiger partial charge in [0.15, 0.2) is 0 Å². The summed E-state index contributed by atoms with van der Waals surface area (Å²) in [6.45, 7) is 6.96. The minimum Gasteiger partial charge on any atom is -0.473 e. The first kappa shape index (κ1) is 24.9. The summed E-state index contributed by atoms with van der Waals surface area (Å²) in [5, 5.41) is 2.49. The molecule has 0 radical (unpaired) electrons. The largest absolute Gasteiger partial charge is 0.473 e. The fourth-order valence-electron chi connectivity index (χ4n) is 2.93. The van der Waals surface area contributed by atoms with Crippen LogP contribution in [0.15, 0.2) is 35.1 Å². The van der Waals surface area contributed by atoms with Gasteiger partial charge in [-0.05, 0) is 57.5 Å². The van der Waals surface area contributed by atoms with E-state index in [1.54, 1.807) is 45.0 Å². The lowest BCUT2D eigenvalue weighted by Crippen LogP contribution is -2.34. The number of ether oxygens (including phenoxy) is 2. The quantitative estimate of drug-likeness (QED) is 0.551. The maximum atomic E-state index is 13.1. The molecule has 0 unspecified atom stereocenters. The number of halogens is 1. The van der Waals surface area contributed by atoms with Crippen molar-refractivity contribution in [2.24, 2.45) is 11.7 Å². The van der Waals surface area contributed by atoms with Crippen LogP contribution in [0.3, 0.4) is 0 Å². The number of aromatic nitrogens is 1. The number of nitrogens with zero attached hydrogens (tertiary/aromatic N) is 2. The second-order valence-corrected chi connectivity index (χ2v) is 9.55. The Bertz CT molecular complexity index is 760. The average Bonchev–Trinajstić information content (AvgIpc) is 2.69. The van der Waals surface area contributed by atoms with Gasteiger partial charge in [0.2, 0.25) is 11.8 Å². The molecule has 10 heteroatoms. The first-order valence-corrected chi connectivity index (χ1v) is 11.0. The number of pyridine rings is 1. The summed E-state index contributed by atoms with van der Waals surface area (Å²) in [7, 11) is 0. The molecule has 1 aromatic rings. The number of piperidine rings is 1. The van der Waals surface area contributed by atoms with E-state index in [-0.39, 0.29) is 24.6 Å². The number of hydrogen-bond donors (Lipinski definition) is 2. The summed E-state index contributed by atoms with van der Waals surface area (Å²) in [4.78, 5) is 27.9. The van der Waals surface area contributed by atoms with Crippen LogP contribution in [0.4, 0.5) is 9.18 Å². The van der Waals surface area contributed by atoms with Gasteiger partial charge in [0.05, 0.1) is 6.33 Å². The summed E-state index contributed by atoms with van der Waals surface area (Å²) < 4.78 is 25.9. The minimum atomic E-state index is -0.622. The van der Waals surface area contributed by atoms with Crippen molar-refractivity contribution >= 4 is 23.9 Å². The Hall–Kier alpha value is -2.33. The van der Waals surface area contributed by atoms with Gasteiger partial charge < -0.3 is 20.5 Å². The number of primary amides is 1. The van der Waals surface area contributed by atoms with Crippen molar-refractivity contribution in [2.45, 2.75) is 50.5 Å². The third-order valence-corrected chi connectivity index (χ3v) is 5.50. The zero-order valence-corrected chi connectivity index (χ0v) is 19.0. The summed E-state index contributed by atoms with van der Waals surface area (Å²) in [6, 6.07) is 3.61. The van der Waals surface area contributed by atoms with Crippen LogP contribution in [-0.4, -0.2) is 53.1 Å². The van der Waals surface area contributed by atoms with Crippen LogP contribution in [0.2, 0.25) is 0 Å². The van der Waals surface area contributed by atoms with Gasteiger partial charge in [-0.1, -0.05) is 0 Å². The van der Waals surface area contributed by atoms with Crippen molar-refractivity contribution in [1.29, 1.82) is 0 Å². The summed E-state index contributed by atoms with van der Waals surface area (Å²) in [5.74, 6) is 0.490. The summed E-state index contributed by atoms with van der Waals surface area (Å²) >= 11 is 1.61. The molecule has 1 saturated heterocycles. The zero-order valence-electron chi connectivity index (χ0n) is 18.2. The first-order chi connectivity index (χ1) is 14.6. The molecule has 172 valence electrons. The molecule has 1 aromatic heterocycles. The van der Waals surface area contributed by atoms with Crippen LogP contribution in [0, 0.1) is 5.92 Å². The molecule has 1 aliphatic rings. The number of amides is 2. The van der Waals surface area contributed by atoms with Crippen LogP contribution in [0.1, 0.15) is 40.0 Å². The van der Waals surface area contributed by atoms with Gasteiger partial charge in [0, 0.05) is 48.8 Å². The SMILES string of the molecule is CC(C)(C)OC(=O)NC/C(=C\F)COc1ccc(SN2CCC(CC(N)=O)CC2)cn1. The highest BCUT2D eigenvalue weighted by atomic mass is 32.2. The molecule has 1 fully saturated rings. The number of alkyl carbamates (subject to hydrolysis) is 1. The Labute approximate surface area is 186 Å². The maximum absolute atomic E-state index is 13.1. The van der Waals surface area contributed by atoms with Gasteiger partial charge in [-0.2, -0.15) is 0 Å². The number of carbonyl (C=O) groups is 2. The van der Waals surface area contributed by atoms with Gasteiger partial charge in [-0.25, -0.2) is 18.5 Å². The number of nitrogens with two attached hydrogens (primary N) is 1. The molecule has 0 aromatic carbocycles. The highest BCUT2D eigenvalue weighted by molar-refractivity contribution is 7.97. The molecule has 0 spiro atoms. The van der Waals surface area contributed by atoms with Crippen molar-refractivity contribution in [3.63, 3.8) is 0 Å². The molecule has 0 aliphatic carbocycles. The molecule has 2 heterocycles. The van der Waals surface area contributed by atoms with Gasteiger partial charge in [-0.15, -0.1) is 0 Å². The Morgan fingerprint density at radius 1 is 1.35 bits per heavy atom. The molecule has 0 bridgehead atoms. The van der Waals surface area contributed by atoms with E-state index in [2.05, 4.69) is 14.6 Å². The predicted octanol–water partition coefficient (Wildman–Crippen LogP) is 3.43. The third-order valence-electron chi connectivity index (χ3n) is 4.43.